The van der Waals surface area contributed by atoms with Crippen molar-refractivity contribution in [2.75, 3.05) is 0 Å². The quantitative estimate of drug-likeness (QED) is 0.739. The number of halogens is 1. The van der Waals surface area contributed by atoms with Crippen molar-refractivity contribution in [2.45, 2.75) is 0 Å². The Morgan fingerprint density at radius 3 is 2.68 bits per heavy atom. The Kier molecular flexibility index (Phi) is 2.49. The number of carbonyl (C=O) groups is 1. The maximum absolute atomic E-state index is 13.0. The third-order valence-electron chi connectivity index (χ3n) is 2.71. The van der Waals surface area contributed by atoms with Crippen LogP contribution in [0.1, 0.15) is 10.4 Å². The number of H-pyrrole nitrogens is 1. The third-order valence-corrected chi connectivity index (χ3v) is 2.71. The van der Waals surface area contributed by atoms with Crippen LogP contribution in [0.4, 0.5) is 4.39 Å². The van der Waals surface area contributed by atoms with E-state index in [1.807, 2.05) is 0 Å². The van der Waals surface area contributed by atoms with E-state index < -0.39 is 11.8 Å². The topological polar surface area (TPSA) is 78.9 Å². The molecule has 5 nitrogen and oxygen atoms in total. The summed E-state index contributed by atoms with van der Waals surface area (Å²) in [5.41, 5.74) is 1.82. The van der Waals surface area contributed by atoms with Crippen LogP contribution in [0.15, 0.2) is 36.5 Å². The van der Waals surface area contributed by atoms with E-state index in [1.54, 1.807) is 12.1 Å². The number of imidazole rings is 1. The molecule has 3 rings (SSSR count). The van der Waals surface area contributed by atoms with Crippen molar-refractivity contribution in [3.63, 3.8) is 0 Å². The fourth-order valence-electron chi connectivity index (χ4n) is 1.78. The SMILES string of the molecule is O=C(O)c1ccc(-c2nc3ncc(F)cc3[nH]2)cc1. The highest BCUT2D eigenvalue weighted by Crippen LogP contribution is 2.20. The summed E-state index contributed by atoms with van der Waals surface area (Å²) < 4.78 is 13.0. The summed E-state index contributed by atoms with van der Waals surface area (Å²) in [6.07, 6.45) is 1.10. The predicted molar refractivity (Wildman–Crippen MR) is 66.2 cm³/mol. The van der Waals surface area contributed by atoms with Crippen LogP contribution in [-0.4, -0.2) is 26.0 Å². The Labute approximate surface area is 106 Å². The first-order chi connectivity index (χ1) is 9.13. The van der Waals surface area contributed by atoms with Crippen LogP contribution in [0.25, 0.3) is 22.6 Å². The van der Waals surface area contributed by atoms with Crippen molar-refractivity contribution in [1.82, 2.24) is 15.0 Å². The van der Waals surface area contributed by atoms with Crippen LogP contribution in [-0.2, 0) is 0 Å². The van der Waals surface area contributed by atoms with Crippen molar-refractivity contribution in [3.05, 3.63) is 47.9 Å². The number of carboxylic acid groups (broad SMARTS) is 1. The molecule has 94 valence electrons. The van der Waals surface area contributed by atoms with Crippen LogP contribution in [0, 0.1) is 5.82 Å². The molecule has 3 aromatic rings. The number of hydrogen-bond donors (Lipinski definition) is 2. The predicted octanol–water partition coefficient (Wildman–Crippen LogP) is 2.46. The molecule has 0 unspecified atom stereocenters. The third kappa shape index (κ3) is 2.03. The van der Waals surface area contributed by atoms with Gasteiger partial charge in [0.2, 0.25) is 0 Å². The van der Waals surface area contributed by atoms with Crippen LogP contribution in [0.5, 0.6) is 0 Å². The van der Waals surface area contributed by atoms with Crippen molar-refractivity contribution in [2.24, 2.45) is 0 Å². The number of benzene rings is 1. The van der Waals surface area contributed by atoms with E-state index in [2.05, 4.69) is 15.0 Å². The molecule has 0 aliphatic heterocycles. The standard InChI is InChI=1S/C13H8FN3O2/c14-9-5-10-12(15-6-9)17-11(16-10)7-1-3-8(4-2-7)13(18)19/h1-6H,(H,18,19)(H,15,16,17). The van der Waals surface area contributed by atoms with Gasteiger partial charge in [0.1, 0.15) is 11.6 Å². The number of hydrogen-bond acceptors (Lipinski definition) is 3. The van der Waals surface area contributed by atoms with Gasteiger partial charge >= 0.3 is 5.97 Å². The van der Waals surface area contributed by atoms with Crippen molar-refractivity contribution < 1.29 is 14.3 Å². The van der Waals surface area contributed by atoms with E-state index >= 15 is 0 Å². The Balaban J connectivity index is 2.06. The summed E-state index contributed by atoms with van der Waals surface area (Å²) in [5.74, 6) is -0.908. The van der Waals surface area contributed by atoms with Gasteiger partial charge in [-0.05, 0) is 12.1 Å². The summed E-state index contributed by atoms with van der Waals surface area (Å²) in [4.78, 5) is 21.8. The Bertz CT molecular complexity index is 765. The zero-order valence-electron chi connectivity index (χ0n) is 9.59. The van der Waals surface area contributed by atoms with Crippen molar-refractivity contribution in [3.8, 4) is 11.4 Å². The number of aromatic carboxylic acids is 1. The summed E-state index contributed by atoms with van der Waals surface area (Å²) in [6.45, 7) is 0. The molecule has 2 aromatic heterocycles. The maximum atomic E-state index is 13.0. The summed E-state index contributed by atoms with van der Waals surface area (Å²) in [5, 5.41) is 8.82. The monoisotopic (exact) mass is 257 g/mol. The first-order valence-electron chi connectivity index (χ1n) is 5.48. The zero-order chi connectivity index (χ0) is 13.4. The molecule has 0 saturated heterocycles. The van der Waals surface area contributed by atoms with E-state index in [4.69, 9.17) is 5.11 Å². The second-order valence-electron chi connectivity index (χ2n) is 3.99. The molecular formula is C13H8FN3O2. The molecule has 19 heavy (non-hydrogen) atoms. The lowest BCUT2D eigenvalue weighted by atomic mass is 10.1. The van der Waals surface area contributed by atoms with Gasteiger partial charge in [0, 0.05) is 11.6 Å². The molecule has 0 spiro atoms. The average molecular weight is 257 g/mol. The Morgan fingerprint density at radius 1 is 1.26 bits per heavy atom. The van der Waals surface area contributed by atoms with Gasteiger partial charge in [0.25, 0.3) is 0 Å². The lowest BCUT2D eigenvalue weighted by molar-refractivity contribution is 0.0697. The van der Waals surface area contributed by atoms with Crippen LogP contribution in [0.3, 0.4) is 0 Å². The van der Waals surface area contributed by atoms with Gasteiger partial charge in [-0.3, -0.25) is 0 Å². The minimum Gasteiger partial charge on any atom is -0.478 e. The van der Waals surface area contributed by atoms with Gasteiger partial charge in [-0.15, -0.1) is 0 Å². The molecule has 0 radical (unpaired) electrons. The van der Waals surface area contributed by atoms with Gasteiger partial charge in [0.05, 0.1) is 17.3 Å². The van der Waals surface area contributed by atoms with E-state index in [0.717, 1.165) is 6.20 Å². The lowest BCUT2D eigenvalue weighted by Gasteiger charge is -1.97. The number of nitrogens with one attached hydrogen (secondary N) is 1. The number of aromatic nitrogens is 3. The van der Waals surface area contributed by atoms with Crippen molar-refractivity contribution in [1.29, 1.82) is 0 Å². The van der Waals surface area contributed by atoms with Crippen LogP contribution in [0.2, 0.25) is 0 Å². The number of rotatable bonds is 2. The second kappa shape index (κ2) is 4.16. The number of pyridine rings is 1. The molecule has 0 atom stereocenters. The minimum absolute atomic E-state index is 0.198. The average Bonchev–Trinajstić information content (AvgIpc) is 2.81. The van der Waals surface area contributed by atoms with Gasteiger partial charge < -0.3 is 10.1 Å². The molecular weight excluding hydrogens is 249 g/mol. The summed E-state index contributed by atoms with van der Waals surface area (Å²) in [6, 6.07) is 7.55. The second-order valence-corrected chi connectivity index (χ2v) is 3.99. The minimum atomic E-state index is -0.986. The first kappa shape index (κ1) is 11.3. The van der Waals surface area contributed by atoms with Gasteiger partial charge in [-0.25, -0.2) is 19.2 Å². The fourth-order valence-corrected chi connectivity index (χ4v) is 1.78. The summed E-state index contributed by atoms with van der Waals surface area (Å²) >= 11 is 0. The molecule has 0 aliphatic rings. The largest absolute Gasteiger partial charge is 0.478 e. The maximum Gasteiger partial charge on any atom is 0.335 e. The number of aromatic amines is 1. The number of nitrogens with zero attached hydrogens (tertiary/aromatic N) is 2. The normalized spacial score (nSPS) is 10.8. The molecule has 0 fully saturated rings. The van der Waals surface area contributed by atoms with Gasteiger partial charge in [-0.1, -0.05) is 12.1 Å². The Hall–Kier alpha value is -2.76. The molecule has 0 amide bonds. The van der Waals surface area contributed by atoms with E-state index in [1.165, 1.54) is 18.2 Å². The fraction of sp³-hybridized carbons (Fsp3) is 0. The summed E-state index contributed by atoms with van der Waals surface area (Å²) in [7, 11) is 0. The number of fused-ring (bicyclic) bond motifs is 1. The first-order valence-corrected chi connectivity index (χ1v) is 5.48. The van der Waals surface area contributed by atoms with Crippen LogP contribution < -0.4 is 0 Å². The zero-order valence-corrected chi connectivity index (χ0v) is 9.59. The van der Waals surface area contributed by atoms with E-state index in [-0.39, 0.29) is 5.56 Å². The lowest BCUT2D eigenvalue weighted by Crippen LogP contribution is -1.95. The molecule has 0 bridgehead atoms. The smallest absolute Gasteiger partial charge is 0.335 e. The van der Waals surface area contributed by atoms with E-state index in [9.17, 15) is 9.18 Å². The van der Waals surface area contributed by atoms with E-state index in [0.29, 0.717) is 22.6 Å². The molecule has 0 aliphatic carbocycles. The highest BCUT2D eigenvalue weighted by Gasteiger charge is 2.08. The molecule has 2 heterocycles. The van der Waals surface area contributed by atoms with Gasteiger partial charge in [-0.2, -0.15) is 0 Å². The molecule has 2 N–H and O–H groups in total. The van der Waals surface area contributed by atoms with Crippen molar-refractivity contribution >= 4 is 17.1 Å². The highest BCUT2D eigenvalue weighted by molar-refractivity contribution is 5.88. The molecule has 1 aromatic carbocycles. The Morgan fingerprint density at radius 2 is 2.00 bits per heavy atom. The molecule has 0 saturated carbocycles. The number of carboxylic acids is 1. The molecule has 6 heteroatoms. The van der Waals surface area contributed by atoms with Gasteiger partial charge in [0.15, 0.2) is 5.65 Å². The van der Waals surface area contributed by atoms with Crippen LogP contribution >= 0.6 is 0 Å². The highest BCUT2D eigenvalue weighted by atomic mass is 19.1.